The number of anilines is 1. The summed E-state index contributed by atoms with van der Waals surface area (Å²) in [4.78, 5) is 12.5. The normalized spacial score (nSPS) is 13.4. The van der Waals surface area contributed by atoms with Gasteiger partial charge >= 0.3 is 0 Å². The van der Waals surface area contributed by atoms with Crippen molar-refractivity contribution in [2.75, 3.05) is 19.0 Å². The fourth-order valence-electron chi connectivity index (χ4n) is 2.65. The van der Waals surface area contributed by atoms with Crippen LogP contribution in [0, 0.1) is 0 Å². The molecule has 3 rings (SSSR count). The van der Waals surface area contributed by atoms with E-state index < -0.39 is 0 Å². The maximum Gasteiger partial charge on any atom is 0.259 e. The average Bonchev–Trinajstić information content (AvgIpc) is 2.55. The Kier molecular flexibility index (Phi) is 3.88. The molecule has 2 aromatic carbocycles. The topological polar surface area (TPSA) is 50.4 Å². The lowest BCUT2D eigenvalue weighted by Crippen LogP contribution is -2.25. The zero-order valence-electron chi connectivity index (χ0n) is 12.0. The smallest absolute Gasteiger partial charge is 0.259 e. The van der Waals surface area contributed by atoms with Gasteiger partial charge in [0.05, 0.1) is 12.7 Å². The summed E-state index contributed by atoms with van der Waals surface area (Å²) in [5.74, 6) is 0.435. The molecule has 0 saturated carbocycles. The minimum absolute atomic E-state index is 0.147. The van der Waals surface area contributed by atoms with Gasteiger partial charge in [0.2, 0.25) is 0 Å². The number of hydrogen-bond acceptors (Lipinski definition) is 3. The molecule has 0 unspecified atom stereocenters. The lowest BCUT2D eigenvalue weighted by atomic mass is 9.99. The van der Waals surface area contributed by atoms with E-state index in [-0.39, 0.29) is 5.91 Å². The molecule has 0 spiro atoms. The Balaban J connectivity index is 1.88. The van der Waals surface area contributed by atoms with Crippen molar-refractivity contribution in [1.29, 1.82) is 0 Å². The number of methoxy groups -OCH3 is 1. The second-order valence-electron chi connectivity index (χ2n) is 5.02. The van der Waals surface area contributed by atoms with Gasteiger partial charge in [-0.2, -0.15) is 0 Å². The standard InChI is InChI=1S/C17H18N2O2/c1-21-16-8-3-2-6-13(16)17(20)19-15-7-4-5-12-9-10-18-11-14(12)15/h2-8,18H,9-11H2,1H3,(H,19,20). The van der Waals surface area contributed by atoms with E-state index in [9.17, 15) is 4.79 Å². The second-order valence-corrected chi connectivity index (χ2v) is 5.02. The Hall–Kier alpha value is -2.33. The summed E-state index contributed by atoms with van der Waals surface area (Å²) in [6.07, 6.45) is 0.994. The van der Waals surface area contributed by atoms with Crippen LogP contribution in [0.25, 0.3) is 0 Å². The van der Waals surface area contributed by atoms with Gasteiger partial charge in [-0.1, -0.05) is 24.3 Å². The van der Waals surface area contributed by atoms with Crippen LogP contribution in [0.3, 0.4) is 0 Å². The van der Waals surface area contributed by atoms with Crippen molar-refractivity contribution in [3.05, 3.63) is 59.2 Å². The first-order chi connectivity index (χ1) is 10.3. The van der Waals surface area contributed by atoms with Crippen LogP contribution in [0.2, 0.25) is 0 Å². The van der Waals surface area contributed by atoms with Crippen LogP contribution >= 0.6 is 0 Å². The quantitative estimate of drug-likeness (QED) is 0.909. The number of benzene rings is 2. The molecule has 1 aliphatic rings. The Bertz CT molecular complexity index is 668. The third kappa shape index (κ3) is 2.76. The summed E-state index contributed by atoms with van der Waals surface area (Å²) in [7, 11) is 1.57. The van der Waals surface area contributed by atoms with Gasteiger partial charge in [0.25, 0.3) is 5.91 Å². The van der Waals surface area contributed by atoms with Gasteiger partial charge in [0, 0.05) is 12.2 Å². The Morgan fingerprint density at radius 3 is 2.90 bits per heavy atom. The zero-order valence-corrected chi connectivity index (χ0v) is 12.0. The third-order valence-corrected chi connectivity index (χ3v) is 3.75. The molecule has 0 atom stereocenters. The number of para-hydroxylation sites is 1. The van der Waals surface area contributed by atoms with Gasteiger partial charge in [-0.3, -0.25) is 4.79 Å². The fourth-order valence-corrected chi connectivity index (χ4v) is 2.65. The first-order valence-electron chi connectivity index (χ1n) is 7.05. The predicted molar refractivity (Wildman–Crippen MR) is 82.8 cm³/mol. The van der Waals surface area contributed by atoms with Crippen molar-refractivity contribution >= 4 is 11.6 Å². The van der Waals surface area contributed by atoms with Crippen LogP contribution in [-0.4, -0.2) is 19.6 Å². The molecule has 1 aliphatic heterocycles. The number of carbonyl (C=O) groups is 1. The minimum Gasteiger partial charge on any atom is -0.496 e. The number of rotatable bonds is 3. The fraction of sp³-hybridized carbons (Fsp3) is 0.235. The van der Waals surface area contributed by atoms with E-state index in [1.807, 2.05) is 24.3 Å². The minimum atomic E-state index is -0.147. The monoisotopic (exact) mass is 282 g/mol. The van der Waals surface area contributed by atoms with Gasteiger partial charge in [-0.05, 0) is 42.3 Å². The number of hydrogen-bond donors (Lipinski definition) is 2. The van der Waals surface area contributed by atoms with Gasteiger partial charge < -0.3 is 15.4 Å². The highest BCUT2D eigenvalue weighted by Crippen LogP contribution is 2.25. The maximum absolute atomic E-state index is 12.5. The van der Waals surface area contributed by atoms with Crippen LogP contribution in [0.1, 0.15) is 21.5 Å². The van der Waals surface area contributed by atoms with Crippen LogP contribution in [0.5, 0.6) is 5.75 Å². The van der Waals surface area contributed by atoms with E-state index in [0.717, 1.165) is 25.2 Å². The van der Waals surface area contributed by atoms with Crippen LogP contribution in [0.4, 0.5) is 5.69 Å². The highest BCUT2D eigenvalue weighted by Gasteiger charge is 2.16. The first kappa shape index (κ1) is 13.6. The van der Waals surface area contributed by atoms with Gasteiger partial charge in [0.15, 0.2) is 0 Å². The summed E-state index contributed by atoms with van der Waals surface area (Å²) >= 11 is 0. The van der Waals surface area contributed by atoms with Crippen molar-refractivity contribution in [2.45, 2.75) is 13.0 Å². The molecule has 1 heterocycles. The number of fused-ring (bicyclic) bond motifs is 1. The maximum atomic E-state index is 12.5. The molecule has 0 fully saturated rings. The molecular weight excluding hydrogens is 264 g/mol. The lowest BCUT2D eigenvalue weighted by Gasteiger charge is -2.20. The molecule has 4 nitrogen and oxygen atoms in total. The molecule has 21 heavy (non-hydrogen) atoms. The van der Waals surface area contributed by atoms with E-state index in [2.05, 4.69) is 16.7 Å². The summed E-state index contributed by atoms with van der Waals surface area (Å²) < 4.78 is 5.24. The number of carbonyl (C=O) groups excluding carboxylic acids is 1. The Morgan fingerprint density at radius 2 is 2.05 bits per heavy atom. The van der Waals surface area contributed by atoms with Crippen LogP contribution in [-0.2, 0) is 13.0 Å². The molecule has 2 N–H and O–H groups in total. The van der Waals surface area contributed by atoms with Crippen molar-refractivity contribution in [2.24, 2.45) is 0 Å². The molecule has 4 heteroatoms. The van der Waals surface area contributed by atoms with E-state index in [1.165, 1.54) is 11.1 Å². The molecule has 0 aliphatic carbocycles. The predicted octanol–water partition coefficient (Wildman–Crippen LogP) is 2.59. The van der Waals surface area contributed by atoms with Gasteiger partial charge in [-0.15, -0.1) is 0 Å². The SMILES string of the molecule is COc1ccccc1C(=O)Nc1cccc2c1CNCC2. The van der Waals surface area contributed by atoms with Crippen molar-refractivity contribution < 1.29 is 9.53 Å². The van der Waals surface area contributed by atoms with Crippen LogP contribution < -0.4 is 15.4 Å². The molecular formula is C17H18N2O2. The zero-order chi connectivity index (χ0) is 14.7. The van der Waals surface area contributed by atoms with Crippen molar-refractivity contribution in [1.82, 2.24) is 5.32 Å². The van der Waals surface area contributed by atoms with E-state index in [1.54, 1.807) is 19.2 Å². The summed E-state index contributed by atoms with van der Waals surface area (Å²) in [6.45, 7) is 1.77. The highest BCUT2D eigenvalue weighted by molar-refractivity contribution is 6.06. The third-order valence-electron chi connectivity index (χ3n) is 3.75. The van der Waals surface area contributed by atoms with Crippen molar-refractivity contribution in [3.8, 4) is 5.75 Å². The second kappa shape index (κ2) is 5.97. The van der Waals surface area contributed by atoms with Crippen LogP contribution in [0.15, 0.2) is 42.5 Å². The van der Waals surface area contributed by atoms with Gasteiger partial charge in [-0.25, -0.2) is 0 Å². The first-order valence-corrected chi connectivity index (χ1v) is 7.05. The lowest BCUT2D eigenvalue weighted by molar-refractivity contribution is 0.102. The molecule has 2 aromatic rings. The van der Waals surface area contributed by atoms with E-state index in [0.29, 0.717) is 11.3 Å². The van der Waals surface area contributed by atoms with Gasteiger partial charge in [0.1, 0.15) is 5.75 Å². The highest BCUT2D eigenvalue weighted by atomic mass is 16.5. The Morgan fingerprint density at radius 1 is 1.19 bits per heavy atom. The summed E-state index contributed by atoms with van der Waals surface area (Å²) in [5, 5.41) is 6.34. The van der Waals surface area contributed by atoms with E-state index >= 15 is 0 Å². The number of ether oxygens (including phenoxy) is 1. The molecule has 0 bridgehead atoms. The molecule has 1 amide bonds. The number of amides is 1. The van der Waals surface area contributed by atoms with E-state index in [4.69, 9.17) is 4.74 Å². The molecule has 0 aromatic heterocycles. The van der Waals surface area contributed by atoms with Crippen molar-refractivity contribution in [3.63, 3.8) is 0 Å². The largest absolute Gasteiger partial charge is 0.496 e. The summed E-state index contributed by atoms with van der Waals surface area (Å²) in [5.41, 5.74) is 3.88. The number of nitrogens with one attached hydrogen (secondary N) is 2. The molecule has 0 saturated heterocycles. The molecule has 0 radical (unpaired) electrons. The summed E-state index contributed by atoms with van der Waals surface area (Å²) in [6, 6.07) is 13.3. The Labute approximate surface area is 124 Å². The molecule has 108 valence electrons. The average molecular weight is 282 g/mol.